The molecule has 5 nitrogen and oxygen atoms in total. The summed E-state index contributed by atoms with van der Waals surface area (Å²) >= 11 is 0. The first kappa shape index (κ1) is 14.9. The summed E-state index contributed by atoms with van der Waals surface area (Å²) in [7, 11) is -4.10. The van der Waals surface area contributed by atoms with E-state index in [9.17, 15) is 22.0 Å². The second-order valence-electron chi connectivity index (χ2n) is 4.06. The maximum Gasteiger partial charge on any atom is 0.335 e. The number of aromatic carboxylic acids is 1. The van der Waals surface area contributed by atoms with Crippen LogP contribution in [0.4, 0.5) is 14.5 Å². The van der Waals surface area contributed by atoms with Crippen molar-refractivity contribution in [2.75, 3.05) is 4.72 Å². The predicted octanol–water partition coefficient (Wildman–Crippen LogP) is 2.46. The number of halogens is 2. The van der Waals surface area contributed by atoms with E-state index in [0.29, 0.717) is 6.07 Å². The van der Waals surface area contributed by atoms with Gasteiger partial charge in [-0.2, -0.15) is 0 Å². The van der Waals surface area contributed by atoms with Crippen LogP contribution < -0.4 is 4.72 Å². The molecular formula is C13H9F2NO4S. The first-order valence-electron chi connectivity index (χ1n) is 5.61. The SMILES string of the molecule is O=C(O)c1ccc(S(=O)(=O)Nc2ccc(F)cc2F)cc1. The third kappa shape index (κ3) is 3.34. The molecule has 0 aromatic heterocycles. The van der Waals surface area contributed by atoms with E-state index in [-0.39, 0.29) is 10.5 Å². The molecule has 0 saturated carbocycles. The molecule has 2 aromatic rings. The van der Waals surface area contributed by atoms with Gasteiger partial charge in [0, 0.05) is 6.07 Å². The van der Waals surface area contributed by atoms with Crippen molar-refractivity contribution in [1.82, 2.24) is 0 Å². The number of hydrogen-bond donors (Lipinski definition) is 2. The Morgan fingerprint density at radius 2 is 1.67 bits per heavy atom. The van der Waals surface area contributed by atoms with E-state index in [1.807, 2.05) is 4.72 Å². The third-order valence-corrected chi connectivity index (χ3v) is 3.97. The van der Waals surface area contributed by atoms with Gasteiger partial charge in [0.05, 0.1) is 16.1 Å². The van der Waals surface area contributed by atoms with Crippen molar-refractivity contribution in [2.45, 2.75) is 4.90 Å². The van der Waals surface area contributed by atoms with Crippen LogP contribution in [0.2, 0.25) is 0 Å². The molecule has 0 bridgehead atoms. The van der Waals surface area contributed by atoms with E-state index in [4.69, 9.17) is 5.11 Å². The normalized spacial score (nSPS) is 11.1. The molecule has 0 aliphatic heterocycles. The van der Waals surface area contributed by atoms with Crippen LogP contribution in [-0.4, -0.2) is 19.5 Å². The van der Waals surface area contributed by atoms with Crippen molar-refractivity contribution >= 4 is 21.7 Å². The van der Waals surface area contributed by atoms with Gasteiger partial charge in [0.1, 0.15) is 11.6 Å². The molecule has 0 saturated heterocycles. The number of nitrogens with one attached hydrogen (secondary N) is 1. The zero-order valence-corrected chi connectivity index (χ0v) is 11.2. The molecule has 110 valence electrons. The van der Waals surface area contributed by atoms with E-state index < -0.39 is 33.3 Å². The van der Waals surface area contributed by atoms with Gasteiger partial charge in [-0.3, -0.25) is 4.72 Å². The quantitative estimate of drug-likeness (QED) is 0.908. The maximum atomic E-state index is 13.4. The second kappa shape index (κ2) is 5.49. The lowest BCUT2D eigenvalue weighted by molar-refractivity contribution is 0.0696. The molecule has 2 rings (SSSR count). The highest BCUT2D eigenvalue weighted by molar-refractivity contribution is 7.92. The largest absolute Gasteiger partial charge is 0.478 e. The molecule has 2 aromatic carbocycles. The van der Waals surface area contributed by atoms with Gasteiger partial charge < -0.3 is 5.11 Å². The van der Waals surface area contributed by atoms with Gasteiger partial charge in [0.25, 0.3) is 10.0 Å². The lowest BCUT2D eigenvalue weighted by atomic mass is 10.2. The van der Waals surface area contributed by atoms with Crippen LogP contribution in [0.3, 0.4) is 0 Å². The Morgan fingerprint density at radius 1 is 1.05 bits per heavy atom. The zero-order valence-electron chi connectivity index (χ0n) is 10.4. The number of rotatable bonds is 4. The summed E-state index contributed by atoms with van der Waals surface area (Å²) in [5.41, 5.74) is -0.486. The van der Waals surface area contributed by atoms with Crippen LogP contribution in [0.25, 0.3) is 0 Å². The summed E-state index contributed by atoms with van der Waals surface area (Å²) in [6.45, 7) is 0. The molecule has 0 spiro atoms. The van der Waals surface area contributed by atoms with Crippen LogP contribution >= 0.6 is 0 Å². The first-order chi connectivity index (χ1) is 9.79. The lowest BCUT2D eigenvalue weighted by Crippen LogP contribution is -2.14. The summed E-state index contributed by atoms with van der Waals surface area (Å²) in [5.74, 6) is -3.08. The highest BCUT2D eigenvalue weighted by Crippen LogP contribution is 2.20. The van der Waals surface area contributed by atoms with Crippen LogP contribution in [0.1, 0.15) is 10.4 Å². The van der Waals surface area contributed by atoms with Crippen LogP contribution in [0, 0.1) is 11.6 Å². The van der Waals surface area contributed by atoms with Crippen molar-refractivity contribution < 1.29 is 27.1 Å². The minimum absolute atomic E-state index is 0.0816. The summed E-state index contributed by atoms with van der Waals surface area (Å²) in [6.07, 6.45) is 0. The van der Waals surface area contributed by atoms with Gasteiger partial charge in [-0.15, -0.1) is 0 Å². The summed E-state index contributed by atoms with van der Waals surface area (Å²) < 4.78 is 52.1. The third-order valence-electron chi connectivity index (χ3n) is 2.59. The van der Waals surface area contributed by atoms with E-state index in [1.165, 1.54) is 0 Å². The van der Waals surface area contributed by atoms with E-state index in [1.54, 1.807) is 0 Å². The second-order valence-corrected chi connectivity index (χ2v) is 5.74. The lowest BCUT2D eigenvalue weighted by Gasteiger charge is -2.09. The van der Waals surface area contributed by atoms with Gasteiger partial charge in [0.15, 0.2) is 0 Å². The number of hydrogen-bond acceptors (Lipinski definition) is 3. The Balaban J connectivity index is 2.31. The Morgan fingerprint density at radius 3 is 2.19 bits per heavy atom. The van der Waals surface area contributed by atoms with Gasteiger partial charge in [-0.1, -0.05) is 0 Å². The van der Waals surface area contributed by atoms with Crippen LogP contribution in [0.5, 0.6) is 0 Å². The molecule has 0 radical (unpaired) electrons. The number of benzene rings is 2. The number of carbonyl (C=O) groups is 1. The van der Waals surface area contributed by atoms with Crippen molar-refractivity contribution in [3.63, 3.8) is 0 Å². The molecule has 0 atom stereocenters. The first-order valence-corrected chi connectivity index (χ1v) is 7.09. The molecule has 0 heterocycles. The zero-order chi connectivity index (χ0) is 15.6. The highest BCUT2D eigenvalue weighted by atomic mass is 32.2. The number of carboxylic acids is 1. The molecule has 8 heteroatoms. The van der Waals surface area contributed by atoms with E-state index in [2.05, 4.69) is 0 Å². The Hall–Kier alpha value is -2.48. The van der Waals surface area contributed by atoms with Crippen molar-refractivity contribution in [2.24, 2.45) is 0 Å². The van der Waals surface area contributed by atoms with Crippen LogP contribution in [-0.2, 0) is 10.0 Å². The molecular weight excluding hydrogens is 304 g/mol. The molecule has 2 N–H and O–H groups in total. The van der Waals surface area contributed by atoms with Gasteiger partial charge in [0.2, 0.25) is 0 Å². The monoisotopic (exact) mass is 313 g/mol. The number of anilines is 1. The van der Waals surface area contributed by atoms with Crippen molar-refractivity contribution in [1.29, 1.82) is 0 Å². The Kier molecular flexibility index (Phi) is 3.90. The minimum Gasteiger partial charge on any atom is -0.478 e. The smallest absolute Gasteiger partial charge is 0.335 e. The Labute approximate surface area is 118 Å². The van der Waals surface area contributed by atoms with Crippen LogP contribution in [0.15, 0.2) is 47.4 Å². The highest BCUT2D eigenvalue weighted by Gasteiger charge is 2.17. The summed E-state index contributed by atoms with van der Waals surface area (Å²) in [6, 6.07) is 6.78. The van der Waals surface area contributed by atoms with Gasteiger partial charge in [-0.05, 0) is 36.4 Å². The number of carboxylic acid groups (broad SMARTS) is 1. The fourth-order valence-corrected chi connectivity index (χ4v) is 2.62. The standard InChI is InChI=1S/C13H9F2NO4S/c14-9-3-6-12(11(15)7-9)16-21(19,20)10-4-1-8(2-5-10)13(17)18/h1-7,16H,(H,17,18). The average Bonchev–Trinajstić information content (AvgIpc) is 2.42. The molecule has 0 aliphatic carbocycles. The predicted molar refractivity (Wildman–Crippen MR) is 70.6 cm³/mol. The minimum atomic E-state index is -4.10. The molecule has 0 fully saturated rings. The van der Waals surface area contributed by atoms with Gasteiger partial charge >= 0.3 is 5.97 Å². The summed E-state index contributed by atoms with van der Waals surface area (Å²) in [5, 5.41) is 8.73. The van der Waals surface area contributed by atoms with Crippen molar-refractivity contribution in [3.8, 4) is 0 Å². The topological polar surface area (TPSA) is 83.5 Å². The average molecular weight is 313 g/mol. The molecule has 0 amide bonds. The van der Waals surface area contributed by atoms with Gasteiger partial charge in [-0.25, -0.2) is 22.0 Å². The maximum absolute atomic E-state index is 13.4. The molecule has 0 unspecified atom stereocenters. The number of sulfonamides is 1. The van der Waals surface area contributed by atoms with E-state index >= 15 is 0 Å². The Bertz CT molecular complexity index is 788. The van der Waals surface area contributed by atoms with Crippen molar-refractivity contribution in [3.05, 3.63) is 59.7 Å². The fourth-order valence-electron chi connectivity index (χ4n) is 1.55. The molecule has 21 heavy (non-hydrogen) atoms. The molecule has 0 aliphatic rings. The fraction of sp³-hybridized carbons (Fsp3) is 0. The summed E-state index contributed by atoms with van der Waals surface area (Å²) in [4.78, 5) is 10.4. The van der Waals surface area contributed by atoms with E-state index in [0.717, 1.165) is 36.4 Å².